The highest BCUT2D eigenvalue weighted by Gasteiger charge is 2.27. The summed E-state index contributed by atoms with van der Waals surface area (Å²) in [7, 11) is -3.19. The summed E-state index contributed by atoms with van der Waals surface area (Å²) in [5, 5.41) is 8.76. The molecule has 0 radical (unpaired) electrons. The van der Waals surface area contributed by atoms with E-state index in [4.69, 9.17) is 5.11 Å². The van der Waals surface area contributed by atoms with Crippen molar-refractivity contribution in [3.8, 4) is 0 Å². The third-order valence-electron chi connectivity index (χ3n) is 3.36. The SMILES string of the molecule is CS(=O)(=O)N1CCC(c2ncc(C(=O)O)c(=O)[nH]2)CC1. The van der Waals surface area contributed by atoms with Crippen molar-refractivity contribution in [3.63, 3.8) is 0 Å². The van der Waals surface area contributed by atoms with Crippen LogP contribution >= 0.6 is 0 Å². The van der Waals surface area contributed by atoms with E-state index < -0.39 is 27.1 Å². The molecule has 1 fully saturated rings. The molecule has 0 amide bonds. The summed E-state index contributed by atoms with van der Waals surface area (Å²) in [5.74, 6) is -0.978. The van der Waals surface area contributed by atoms with Crippen LogP contribution in [-0.2, 0) is 10.0 Å². The molecule has 9 heteroatoms. The minimum atomic E-state index is -3.19. The number of nitrogens with zero attached hydrogens (tertiary/aromatic N) is 2. The highest BCUT2D eigenvalue weighted by atomic mass is 32.2. The number of piperidine rings is 1. The van der Waals surface area contributed by atoms with E-state index in [0.29, 0.717) is 31.8 Å². The molecular weight excluding hydrogens is 286 g/mol. The molecule has 110 valence electrons. The summed E-state index contributed by atoms with van der Waals surface area (Å²) >= 11 is 0. The van der Waals surface area contributed by atoms with Crippen LogP contribution in [0.15, 0.2) is 11.0 Å². The van der Waals surface area contributed by atoms with E-state index in [1.165, 1.54) is 4.31 Å². The number of H-pyrrole nitrogens is 1. The number of carboxylic acid groups (broad SMARTS) is 1. The zero-order chi connectivity index (χ0) is 14.9. The first-order chi connectivity index (χ1) is 9.29. The molecular formula is C11H15N3O5S. The number of aromatic carboxylic acids is 1. The maximum Gasteiger partial charge on any atom is 0.342 e. The van der Waals surface area contributed by atoms with Crippen LogP contribution in [0.25, 0.3) is 0 Å². The Hall–Kier alpha value is -1.74. The maximum absolute atomic E-state index is 11.6. The Labute approximate surface area is 115 Å². The van der Waals surface area contributed by atoms with Gasteiger partial charge in [-0.2, -0.15) is 0 Å². The molecule has 1 aliphatic rings. The van der Waals surface area contributed by atoms with E-state index in [0.717, 1.165) is 12.5 Å². The zero-order valence-corrected chi connectivity index (χ0v) is 11.7. The lowest BCUT2D eigenvalue weighted by molar-refractivity contribution is 0.0694. The highest BCUT2D eigenvalue weighted by Crippen LogP contribution is 2.25. The molecule has 2 rings (SSSR count). The molecule has 1 saturated heterocycles. The topological polar surface area (TPSA) is 120 Å². The largest absolute Gasteiger partial charge is 0.477 e. The average Bonchev–Trinajstić information content (AvgIpc) is 2.37. The normalized spacial score (nSPS) is 18.1. The Morgan fingerprint density at radius 1 is 1.45 bits per heavy atom. The molecule has 0 unspecified atom stereocenters. The fourth-order valence-electron chi connectivity index (χ4n) is 2.23. The third-order valence-corrected chi connectivity index (χ3v) is 4.66. The van der Waals surface area contributed by atoms with Crippen LogP contribution in [0.3, 0.4) is 0 Å². The van der Waals surface area contributed by atoms with Gasteiger partial charge in [-0.25, -0.2) is 22.5 Å². The Morgan fingerprint density at radius 2 is 2.05 bits per heavy atom. The quantitative estimate of drug-likeness (QED) is 0.784. The summed E-state index contributed by atoms with van der Waals surface area (Å²) in [6.07, 6.45) is 3.29. The van der Waals surface area contributed by atoms with Gasteiger partial charge in [0.15, 0.2) is 0 Å². The fraction of sp³-hybridized carbons (Fsp3) is 0.545. The number of hydrogen-bond acceptors (Lipinski definition) is 5. The number of carbonyl (C=O) groups is 1. The highest BCUT2D eigenvalue weighted by molar-refractivity contribution is 7.88. The Kier molecular flexibility index (Phi) is 3.91. The predicted molar refractivity (Wildman–Crippen MR) is 70.2 cm³/mol. The molecule has 1 aliphatic heterocycles. The van der Waals surface area contributed by atoms with Crippen LogP contribution in [0.4, 0.5) is 0 Å². The first-order valence-electron chi connectivity index (χ1n) is 6.06. The van der Waals surface area contributed by atoms with Crippen LogP contribution in [0.2, 0.25) is 0 Å². The smallest absolute Gasteiger partial charge is 0.342 e. The third kappa shape index (κ3) is 3.05. The van der Waals surface area contributed by atoms with Crippen LogP contribution in [-0.4, -0.2) is 53.1 Å². The second kappa shape index (κ2) is 5.33. The summed E-state index contributed by atoms with van der Waals surface area (Å²) in [6, 6.07) is 0. The number of hydrogen-bond donors (Lipinski definition) is 2. The number of aromatic nitrogens is 2. The summed E-state index contributed by atoms with van der Waals surface area (Å²) in [5.41, 5.74) is -1.09. The van der Waals surface area contributed by atoms with Gasteiger partial charge in [0.2, 0.25) is 10.0 Å². The average molecular weight is 301 g/mol. The standard InChI is InChI=1S/C11H15N3O5S/c1-20(18,19)14-4-2-7(3-5-14)9-12-6-8(11(16)17)10(15)13-9/h6-7H,2-5H2,1H3,(H,16,17)(H,12,13,15). The number of aromatic amines is 1. The lowest BCUT2D eigenvalue weighted by Gasteiger charge is -2.29. The van der Waals surface area contributed by atoms with Crippen molar-refractivity contribution in [1.82, 2.24) is 14.3 Å². The van der Waals surface area contributed by atoms with Crippen molar-refractivity contribution in [2.45, 2.75) is 18.8 Å². The van der Waals surface area contributed by atoms with Crippen molar-refractivity contribution in [2.75, 3.05) is 19.3 Å². The van der Waals surface area contributed by atoms with Gasteiger partial charge in [0, 0.05) is 25.2 Å². The van der Waals surface area contributed by atoms with E-state index in [2.05, 4.69) is 9.97 Å². The molecule has 0 spiro atoms. The van der Waals surface area contributed by atoms with Gasteiger partial charge in [0.05, 0.1) is 6.26 Å². The van der Waals surface area contributed by atoms with E-state index >= 15 is 0 Å². The fourth-order valence-corrected chi connectivity index (χ4v) is 3.10. The molecule has 1 aromatic heterocycles. The van der Waals surface area contributed by atoms with Crippen LogP contribution in [0.1, 0.15) is 34.9 Å². The van der Waals surface area contributed by atoms with Gasteiger partial charge >= 0.3 is 5.97 Å². The van der Waals surface area contributed by atoms with Gasteiger partial charge in [-0.1, -0.05) is 0 Å². The monoisotopic (exact) mass is 301 g/mol. The summed E-state index contributed by atoms with van der Waals surface area (Å²) in [6.45, 7) is 0.738. The van der Waals surface area contributed by atoms with Gasteiger partial charge in [-0.05, 0) is 12.8 Å². The molecule has 2 N–H and O–H groups in total. The van der Waals surface area contributed by atoms with Crippen LogP contribution in [0, 0.1) is 0 Å². The van der Waals surface area contributed by atoms with Crippen molar-refractivity contribution in [3.05, 3.63) is 27.9 Å². The maximum atomic E-state index is 11.6. The van der Waals surface area contributed by atoms with E-state index in [9.17, 15) is 18.0 Å². The Balaban J connectivity index is 2.14. The minimum absolute atomic E-state index is 0.0662. The van der Waals surface area contributed by atoms with Crippen molar-refractivity contribution < 1.29 is 18.3 Å². The van der Waals surface area contributed by atoms with E-state index in [-0.39, 0.29) is 5.92 Å². The van der Waals surface area contributed by atoms with Gasteiger partial charge in [0.25, 0.3) is 5.56 Å². The lowest BCUT2D eigenvalue weighted by Crippen LogP contribution is -2.37. The Morgan fingerprint density at radius 3 is 2.50 bits per heavy atom. The molecule has 0 aliphatic carbocycles. The van der Waals surface area contributed by atoms with Crippen molar-refractivity contribution in [1.29, 1.82) is 0 Å². The lowest BCUT2D eigenvalue weighted by atomic mass is 9.97. The van der Waals surface area contributed by atoms with Gasteiger partial charge in [-0.3, -0.25) is 4.79 Å². The molecule has 0 atom stereocenters. The molecule has 0 aromatic carbocycles. The molecule has 0 bridgehead atoms. The van der Waals surface area contributed by atoms with E-state index in [1.807, 2.05) is 0 Å². The number of carboxylic acids is 1. The van der Waals surface area contributed by atoms with Gasteiger partial charge in [-0.15, -0.1) is 0 Å². The summed E-state index contributed by atoms with van der Waals surface area (Å²) < 4.78 is 24.2. The molecule has 20 heavy (non-hydrogen) atoms. The number of sulfonamides is 1. The first kappa shape index (κ1) is 14.7. The molecule has 1 aromatic rings. The summed E-state index contributed by atoms with van der Waals surface area (Å²) in [4.78, 5) is 28.7. The molecule has 2 heterocycles. The van der Waals surface area contributed by atoms with Crippen LogP contribution < -0.4 is 5.56 Å². The second-order valence-electron chi connectivity index (χ2n) is 4.75. The Bertz CT molecular complexity index is 674. The second-order valence-corrected chi connectivity index (χ2v) is 6.74. The van der Waals surface area contributed by atoms with Crippen LogP contribution in [0.5, 0.6) is 0 Å². The van der Waals surface area contributed by atoms with E-state index in [1.54, 1.807) is 0 Å². The van der Waals surface area contributed by atoms with Crippen molar-refractivity contribution >= 4 is 16.0 Å². The number of rotatable bonds is 3. The first-order valence-corrected chi connectivity index (χ1v) is 7.91. The predicted octanol–water partition coefficient (Wildman–Crippen LogP) is -0.393. The van der Waals surface area contributed by atoms with Crippen molar-refractivity contribution in [2.24, 2.45) is 0 Å². The minimum Gasteiger partial charge on any atom is -0.477 e. The molecule has 0 saturated carbocycles. The van der Waals surface area contributed by atoms with Gasteiger partial charge < -0.3 is 10.1 Å². The van der Waals surface area contributed by atoms with Gasteiger partial charge in [0.1, 0.15) is 11.4 Å². The zero-order valence-electron chi connectivity index (χ0n) is 10.9. The molecule has 8 nitrogen and oxygen atoms in total. The number of nitrogens with one attached hydrogen (secondary N) is 1.